The highest BCUT2D eigenvalue weighted by atomic mass is 32.1. The Kier molecular flexibility index (Phi) is 3.17. The molecule has 0 amide bonds. The Morgan fingerprint density at radius 2 is 2.28 bits per heavy atom. The van der Waals surface area contributed by atoms with Crippen molar-refractivity contribution in [2.24, 2.45) is 0 Å². The van der Waals surface area contributed by atoms with Crippen molar-refractivity contribution in [3.63, 3.8) is 0 Å². The summed E-state index contributed by atoms with van der Waals surface area (Å²) >= 11 is 1.21. The van der Waals surface area contributed by atoms with Crippen LogP contribution in [0.4, 0.5) is 5.69 Å². The standard InChI is InChI=1S/C13H15N3OS/c17-13-16-11(8-18-13)7-14-6-10-5-9-3-1-2-4-12(9)15-10/h1-4,8,10,14-15H,5-7H2,(H,16,17). The van der Waals surface area contributed by atoms with Gasteiger partial charge in [-0.1, -0.05) is 29.5 Å². The predicted octanol–water partition coefficient (Wildman–Crippen LogP) is 1.56. The molecule has 1 unspecified atom stereocenters. The first-order chi connectivity index (χ1) is 8.81. The third-order valence-corrected chi connectivity index (χ3v) is 3.84. The maximum atomic E-state index is 11.0. The number of aromatic nitrogens is 1. The smallest absolute Gasteiger partial charge is 0.304 e. The molecule has 2 heterocycles. The Morgan fingerprint density at radius 1 is 1.39 bits per heavy atom. The number of rotatable bonds is 4. The molecule has 1 aliphatic heterocycles. The zero-order chi connectivity index (χ0) is 12.4. The summed E-state index contributed by atoms with van der Waals surface area (Å²) in [6.45, 7) is 1.61. The van der Waals surface area contributed by atoms with Crippen LogP contribution in [0.2, 0.25) is 0 Å². The fourth-order valence-electron chi connectivity index (χ4n) is 2.28. The summed E-state index contributed by atoms with van der Waals surface area (Å²) < 4.78 is 0. The van der Waals surface area contributed by atoms with Gasteiger partial charge in [0, 0.05) is 35.9 Å². The van der Waals surface area contributed by atoms with E-state index in [0.717, 1.165) is 18.7 Å². The summed E-state index contributed by atoms with van der Waals surface area (Å²) in [6.07, 6.45) is 1.06. The van der Waals surface area contributed by atoms with Crippen LogP contribution in [0.15, 0.2) is 34.4 Å². The molecule has 1 aliphatic rings. The van der Waals surface area contributed by atoms with E-state index in [9.17, 15) is 4.79 Å². The third-order valence-electron chi connectivity index (χ3n) is 3.12. The zero-order valence-electron chi connectivity index (χ0n) is 9.90. The van der Waals surface area contributed by atoms with E-state index in [4.69, 9.17) is 0 Å². The van der Waals surface area contributed by atoms with E-state index in [1.807, 2.05) is 5.38 Å². The van der Waals surface area contributed by atoms with Gasteiger partial charge in [-0.25, -0.2) is 0 Å². The lowest BCUT2D eigenvalue weighted by Crippen LogP contribution is -2.31. The highest BCUT2D eigenvalue weighted by molar-refractivity contribution is 7.07. The van der Waals surface area contributed by atoms with Crippen LogP contribution in [-0.2, 0) is 13.0 Å². The molecule has 0 radical (unpaired) electrons. The van der Waals surface area contributed by atoms with Crippen LogP contribution in [0.25, 0.3) is 0 Å². The topological polar surface area (TPSA) is 56.9 Å². The molecule has 0 aliphatic carbocycles. The van der Waals surface area contributed by atoms with Gasteiger partial charge in [-0.3, -0.25) is 4.79 Å². The van der Waals surface area contributed by atoms with Gasteiger partial charge in [-0.05, 0) is 18.1 Å². The van der Waals surface area contributed by atoms with Crippen molar-refractivity contribution < 1.29 is 0 Å². The van der Waals surface area contributed by atoms with Crippen molar-refractivity contribution in [2.45, 2.75) is 19.0 Å². The van der Waals surface area contributed by atoms with Gasteiger partial charge >= 0.3 is 4.87 Å². The monoisotopic (exact) mass is 261 g/mol. The van der Waals surface area contributed by atoms with Gasteiger partial charge in [0.2, 0.25) is 0 Å². The van der Waals surface area contributed by atoms with Gasteiger partial charge in [0.25, 0.3) is 0 Å². The number of aromatic amines is 1. The molecule has 0 spiro atoms. The van der Waals surface area contributed by atoms with Crippen LogP contribution in [0.3, 0.4) is 0 Å². The fraction of sp³-hybridized carbons (Fsp3) is 0.308. The normalized spacial score (nSPS) is 17.4. The highest BCUT2D eigenvalue weighted by Crippen LogP contribution is 2.24. The molecular weight excluding hydrogens is 246 g/mol. The van der Waals surface area contributed by atoms with Gasteiger partial charge in [0.15, 0.2) is 0 Å². The number of para-hydroxylation sites is 1. The van der Waals surface area contributed by atoms with Gasteiger partial charge in [-0.15, -0.1) is 0 Å². The van der Waals surface area contributed by atoms with Gasteiger partial charge in [-0.2, -0.15) is 0 Å². The number of thiazole rings is 1. The number of nitrogens with one attached hydrogen (secondary N) is 3. The number of hydrogen-bond acceptors (Lipinski definition) is 4. The minimum Gasteiger partial charge on any atom is -0.380 e. The van der Waals surface area contributed by atoms with E-state index >= 15 is 0 Å². The van der Waals surface area contributed by atoms with E-state index in [1.165, 1.54) is 22.6 Å². The molecule has 5 heteroatoms. The molecule has 0 bridgehead atoms. The second kappa shape index (κ2) is 4.96. The molecule has 3 N–H and O–H groups in total. The summed E-state index contributed by atoms with van der Waals surface area (Å²) in [5, 5.41) is 8.73. The summed E-state index contributed by atoms with van der Waals surface area (Å²) in [4.78, 5) is 13.8. The minimum absolute atomic E-state index is 0.0122. The van der Waals surface area contributed by atoms with Crippen molar-refractivity contribution in [1.82, 2.24) is 10.3 Å². The lowest BCUT2D eigenvalue weighted by atomic mass is 10.1. The van der Waals surface area contributed by atoms with Crippen LogP contribution in [-0.4, -0.2) is 17.6 Å². The Balaban J connectivity index is 1.50. The average Bonchev–Trinajstić information content (AvgIpc) is 2.95. The van der Waals surface area contributed by atoms with Crippen LogP contribution in [0.5, 0.6) is 0 Å². The molecule has 1 aromatic heterocycles. The minimum atomic E-state index is 0.0122. The molecular formula is C13H15N3OS. The first-order valence-electron chi connectivity index (χ1n) is 6.03. The van der Waals surface area contributed by atoms with E-state index in [1.54, 1.807) is 0 Å². The molecule has 18 heavy (non-hydrogen) atoms. The van der Waals surface area contributed by atoms with Crippen molar-refractivity contribution in [3.05, 3.63) is 50.6 Å². The maximum Gasteiger partial charge on any atom is 0.304 e. The summed E-state index contributed by atoms with van der Waals surface area (Å²) in [6, 6.07) is 8.85. The summed E-state index contributed by atoms with van der Waals surface area (Å²) in [5.41, 5.74) is 3.59. The molecule has 4 nitrogen and oxygen atoms in total. The number of hydrogen-bond donors (Lipinski definition) is 3. The first-order valence-corrected chi connectivity index (χ1v) is 6.91. The Labute approximate surface area is 109 Å². The summed E-state index contributed by atoms with van der Waals surface area (Å²) in [5.74, 6) is 0. The van der Waals surface area contributed by atoms with Crippen molar-refractivity contribution in [3.8, 4) is 0 Å². The lowest BCUT2D eigenvalue weighted by Gasteiger charge is -2.11. The molecule has 0 fully saturated rings. The van der Waals surface area contributed by atoms with E-state index in [0.29, 0.717) is 12.6 Å². The highest BCUT2D eigenvalue weighted by Gasteiger charge is 2.18. The fourth-order valence-corrected chi connectivity index (χ4v) is 2.86. The Morgan fingerprint density at radius 3 is 3.06 bits per heavy atom. The van der Waals surface area contributed by atoms with Crippen LogP contribution in [0, 0.1) is 0 Å². The number of anilines is 1. The van der Waals surface area contributed by atoms with E-state index in [-0.39, 0.29) is 4.87 Å². The first kappa shape index (κ1) is 11.5. The molecule has 0 saturated carbocycles. The molecule has 1 aromatic carbocycles. The lowest BCUT2D eigenvalue weighted by molar-refractivity contribution is 0.609. The van der Waals surface area contributed by atoms with Crippen molar-refractivity contribution in [2.75, 3.05) is 11.9 Å². The second-order valence-corrected chi connectivity index (χ2v) is 5.35. The third kappa shape index (κ3) is 2.47. The number of H-pyrrole nitrogens is 1. The zero-order valence-corrected chi connectivity index (χ0v) is 10.7. The number of benzene rings is 1. The Bertz CT molecular complexity index is 565. The predicted molar refractivity (Wildman–Crippen MR) is 74.2 cm³/mol. The molecule has 3 rings (SSSR count). The molecule has 1 atom stereocenters. The Hall–Kier alpha value is -1.59. The van der Waals surface area contributed by atoms with Crippen molar-refractivity contribution >= 4 is 17.0 Å². The van der Waals surface area contributed by atoms with Crippen molar-refractivity contribution in [1.29, 1.82) is 0 Å². The van der Waals surface area contributed by atoms with E-state index in [2.05, 4.69) is 39.9 Å². The summed E-state index contributed by atoms with van der Waals surface area (Å²) in [7, 11) is 0. The van der Waals surface area contributed by atoms with Crippen LogP contribution in [0.1, 0.15) is 11.3 Å². The molecule has 94 valence electrons. The average molecular weight is 261 g/mol. The maximum absolute atomic E-state index is 11.0. The van der Waals surface area contributed by atoms with Gasteiger partial charge in [0.1, 0.15) is 0 Å². The number of fused-ring (bicyclic) bond motifs is 1. The molecule has 0 saturated heterocycles. The largest absolute Gasteiger partial charge is 0.380 e. The molecule has 2 aromatic rings. The second-order valence-electron chi connectivity index (χ2n) is 4.51. The SMILES string of the molecule is O=c1[nH]c(CNCC2Cc3ccccc3N2)cs1. The van der Waals surface area contributed by atoms with Crippen LogP contribution < -0.4 is 15.5 Å². The van der Waals surface area contributed by atoms with E-state index < -0.39 is 0 Å². The quantitative estimate of drug-likeness (QED) is 0.783. The van der Waals surface area contributed by atoms with Gasteiger partial charge < -0.3 is 15.6 Å². The van der Waals surface area contributed by atoms with Gasteiger partial charge in [0.05, 0.1) is 0 Å². The van der Waals surface area contributed by atoms with Crippen LogP contribution >= 0.6 is 11.3 Å².